The summed E-state index contributed by atoms with van der Waals surface area (Å²) in [5.74, 6) is 0.251. The van der Waals surface area contributed by atoms with Gasteiger partial charge in [-0.15, -0.1) is 5.10 Å². The van der Waals surface area contributed by atoms with Gasteiger partial charge < -0.3 is 10.5 Å². The summed E-state index contributed by atoms with van der Waals surface area (Å²) >= 11 is 0. The normalized spacial score (nSPS) is 11.9. The fourth-order valence-corrected chi connectivity index (χ4v) is 2.38. The third-order valence-electron chi connectivity index (χ3n) is 3.67. The molecule has 24 heavy (non-hydrogen) atoms. The van der Waals surface area contributed by atoms with Gasteiger partial charge in [0.15, 0.2) is 5.82 Å². The van der Waals surface area contributed by atoms with Gasteiger partial charge >= 0.3 is 6.09 Å². The van der Waals surface area contributed by atoms with Gasteiger partial charge in [-0.2, -0.15) is 9.78 Å². The zero-order valence-corrected chi connectivity index (χ0v) is 14.4. The van der Waals surface area contributed by atoms with E-state index in [9.17, 15) is 4.79 Å². The monoisotopic (exact) mass is 328 g/mol. The highest BCUT2D eigenvalue weighted by Gasteiger charge is 2.22. The van der Waals surface area contributed by atoms with E-state index in [1.54, 1.807) is 37.8 Å². The van der Waals surface area contributed by atoms with Crippen molar-refractivity contribution in [3.8, 4) is 11.3 Å². The predicted molar refractivity (Wildman–Crippen MR) is 90.5 cm³/mol. The number of hydrogen-bond acceptors (Lipinski definition) is 6. The lowest BCUT2D eigenvalue weighted by Crippen LogP contribution is -2.27. The molecule has 2 N–H and O–H groups in total. The number of carbonyl (C=O) groups is 1. The smallest absolute Gasteiger partial charge is 0.435 e. The predicted octanol–water partition coefficient (Wildman–Crippen LogP) is 2.51. The van der Waals surface area contributed by atoms with Crippen LogP contribution in [0.1, 0.15) is 26.5 Å². The second-order valence-electron chi connectivity index (χ2n) is 6.63. The molecule has 0 unspecified atom stereocenters. The largest absolute Gasteiger partial charge is 0.442 e. The number of carbonyl (C=O) groups excluding carboxylic acids is 1. The van der Waals surface area contributed by atoms with Crippen LogP contribution >= 0.6 is 0 Å². The Labute approximate surface area is 139 Å². The standard InChI is InChI=1S/C16H20N6O2/c1-9-11(7-19-21(9)5)12-6-10-13(8-18-12)22(20-14(10)17)15(23)24-16(2,3)4/h6-8H,1-5H3,(H2,17,20). The Kier molecular flexibility index (Phi) is 3.55. The summed E-state index contributed by atoms with van der Waals surface area (Å²) in [5.41, 5.74) is 8.48. The fraction of sp³-hybridized carbons (Fsp3) is 0.375. The second-order valence-corrected chi connectivity index (χ2v) is 6.63. The average Bonchev–Trinajstić information content (AvgIpc) is 2.99. The molecular formula is C16H20N6O2. The van der Waals surface area contributed by atoms with Crippen molar-refractivity contribution in [1.29, 1.82) is 0 Å². The van der Waals surface area contributed by atoms with Gasteiger partial charge in [-0.3, -0.25) is 9.67 Å². The van der Waals surface area contributed by atoms with Gasteiger partial charge in [-0.25, -0.2) is 4.79 Å². The molecule has 0 saturated carbocycles. The zero-order valence-electron chi connectivity index (χ0n) is 14.4. The van der Waals surface area contributed by atoms with Gasteiger partial charge in [0.05, 0.1) is 18.1 Å². The molecule has 3 aromatic heterocycles. The maximum Gasteiger partial charge on any atom is 0.435 e. The molecule has 0 amide bonds. The summed E-state index contributed by atoms with van der Waals surface area (Å²) in [4.78, 5) is 16.7. The Morgan fingerprint density at radius 1 is 1.29 bits per heavy atom. The number of hydrogen-bond donors (Lipinski definition) is 1. The first kappa shape index (κ1) is 16.0. The molecule has 0 aliphatic heterocycles. The maximum absolute atomic E-state index is 12.3. The van der Waals surface area contributed by atoms with Gasteiger partial charge in [-0.1, -0.05) is 0 Å². The van der Waals surface area contributed by atoms with Crippen LogP contribution in [0.3, 0.4) is 0 Å². The van der Waals surface area contributed by atoms with Crippen LogP contribution in [0, 0.1) is 6.92 Å². The molecule has 3 rings (SSSR count). The second kappa shape index (κ2) is 5.33. The molecule has 0 atom stereocenters. The van der Waals surface area contributed by atoms with Gasteiger partial charge in [0, 0.05) is 23.7 Å². The van der Waals surface area contributed by atoms with E-state index in [0.717, 1.165) is 21.6 Å². The van der Waals surface area contributed by atoms with E-state index in [1.165, 1.54) is 0 Å². The van der Waals surface area contributed by atoms with Crippen LogP contribution in [0.2, 0.25) is 0 Å². The number of pyridine rings is 1. The van der Waals surface area contributed by atoms with Crippen molar-refractivity contribution in [2.45, 2.75) is 33.3 Å². The highest BCUT2D eigenvalue weighted by Crippen LogP contribution is 2.27. The average molecular weight is 328 g/mol. The summed E-state index contributed by atoms with van der Waals surface area (Å²) in [6.45, 7) is 7.34. The summed E-state index contributed by atoms with van der Waals surface area (Å²) in [6.07, 6.45) is 2.74. The summed E-state index contributed by atoms with van der Waals surface area (Å²) in [7, 11) is 1.87. The molecule has 0 bridgehead atoms. The van der Waals surface area contributed by atoms with Crippen molar-refractivity contribution in [1.82, 2.24) is 24.5 Å². The Morgan fingerprint density at radius 2 is 2.00 bits per heavy atom. The van der Waals surface area contributed by atoms with E-state index >= 15 is 0 Å². The number of anilines is 1. The van der Waals surface area contributed by atoms with Gasteiger partial charge in [-0.05, 0) is 33.8 Å². The Bertz CT molecular complexity index is 932. The van der Waals surface area contributed by atoms with Crippen LogP contribution < -0.4 is 5.73 Å². The fourth-order valence-electron chi connectivity index (χ4n) is 2.38. The third kappa shape index (κ3) is 2.70. The van der Waals surface area contributed by atoms with Crippen molar-refractivity contribution in [2.75, 3.05) is 5.73 Å². The molecule has 8 nitrogen and oxygen atoms in total. The number of aryl methyl sites for hydroxylation is 1. The number of rotatable bonds is 1. The molecule has 8 heteroatoms. The van der Waals surface area contributed by atoms with E-state index in [1.807, 2.05) is 20.0 Å². The van der Waals surface area contributed by atoms with Gasteiger partial charge in [0.1, 0.15) is 11.1 Å². The molecule has 126 valence electrons. The van der Waals surface area contributed by atoms with Crippen LogP contribution in [-0.4, -0.2) is 36.2 Å². The van der Waals surface area contributed by atoms with Crippen molar-refractivity contribution < 1.29 is 9.53 Å². The van der Waals surface area contributed by atoms with Crippen LogP contribution in [0.15, 0.2) is 18.5 Å². The lowest BCUT2D eigenvalue weighted by molar-refractivity contribution is 0.0523. The Balaban J connectivity index is 2.08. The van der Waals surface area contributed by atoms with Crippen molar-refractivity contribution in [2.24, 2.45) is 7.05 Å². The molecule has 0 aromatic carbocycles. The van der Waals surface area contributed by atoms with E-state index in [-0.39, 0.29) is 5.82 Å². The molecule has 3 aromatic rings. The number of ether oxygens (including phenoxy) is 1. The molecule has 3 heterocycles. The zero-order chi connectivity index (χ0) is 17.6. The minimum atomic E-state index is -0.621. The van der Waals surface area contributed by atoms with E-state index < -0.39 is 11.7 Å². The topological polar surface area (TPSA) is 101 Å². The molecule has 0 aliphatic carbocycles. The minimum absolute atomic E-state index is 0.251. The Morgan fingerprint density at radius 3 is 2.58 bits per heavy atom. The van der Waals surface area contributed by atoms with Gasteiger partial charge in [0.25, 0.3) is 0 Å². The SMILES string of the molecule is Cc1c(-c2cc3c(N)nn(C(=O)OC(C)(C)C)c3cn2)cnn1C. The number of fused-ring (bicyclic) bond motifs is 1. The highest BCUT2D eigenvalue weighted by molar-refractivity contribution is 5.96. The van der Waals surface area contributed by atoms with Crippen LogP contribution in [0.25, 0.3) is 22.2 Å². The summed E-state index contributed by atoms with van der Waals surface area (Å²) in [6, 6.07) is 1.81. The lowest BCUT2D eigenvalue weighted by Gasteiger charge is -2.19. The third-order valence-corrected chi connectivity index (χ3v) is 3.67. The number of aromatic nitrogens is 5. The number of nitrogen functional groups attached to an aromatic ring is 1. The Hall–Kier alpha value is -2.90. The lowest BCUT2D eigenvalue weighted by atomic mass is 10.1. The molecule has 0 aliphatic rings. The van der Waals surface area contributed by atoms with E-state index in [0.29, 0.717) is 10.9 Å². The van der Waals surface area contributed by atoms with Gasteiger partial charge in [0.2, 0.25) is 0 Å². The number of nitrogens with zero attached hydrogens (tertiary/aromatic N) is 5. The van der Waals surface area contributed by atoms with Crippen molar-refractivity contribution in [3.05, 3.63) is 24.2 Å². The van der Waals surface area contributed by atoms with E-state index in [2.05, 4.69) is 15.2 Å². The molecular weight excluding hydrogens is 308 g/mol. The first-order valence-corrected chi connectivity index (χ1v) is 7.54. The maximum atomic E-state index is 12.3. The quantitative estimate of drug-likeness (QED) is 0.736. The van der Waals surface area contributed by atoms with Crippen LogP contribution in [0.4, 0.5) is 10.6 Å². The first-order chi connectivity index (χ1) is 11.2. The molecule has 0 saturated heterocycles. The summed E-state index contributed by atoms with van der Waals surface area (Å²) in [5, 5.41) is 8.96. The minimum Gasteiger partial charge on any atom is -0.442 e. The molecule has 0 spiro atoms. The molecule has 0 radical (unpaired) electrons. The van der Waals surface area contributed by atoms with Crippen molar-refractivity contribution in [3.63, 3.8) is 0 Å². The van der Waals surface area contributed by atoms with E-state index in [4.69, 9.17) is 10.5 Å². The number of nitrogens with two attached hydrogens (primary N) is 1. The first-order valence-electron chi connectivity index (χ1n) is 7.54. The highest BCUT2D eigenvalue weighted by atomic mass is 16.6. The van der Waals surface area contributed by atoms with Crippen LogP contribution in [-0.2, 0) is 11.8 Å². The van der Waals surface area contributed by atoms with Crippen molar-refractivity contribution >= 4 is 22.8 Å². The molecule has 0 fully saturated rings. The summed E-state index contributed by atoms with van der Waals surface area (Å²) < 4.78 is 8.26. The van der Waals surface area contributed by atoms with Crippen LogP contribution in [0.5, 0.6) is 0 Å².